The number of rotatable bonds is 7. The Labute approximate surface area is 155 Å². The van der Waals surface area contributed by atoms with Gasteiger partial charge in [0.2, 0.25) is 0 Å². The second-order valence-corrected chi connectivity index (χ2v) is 6.56. The van der Waals surface area contributed by atoms with Crippen LogP contribution in [0.2, 0.25) is 5.02 Å². The van der Waals surface area contributed by atoms with Gasteiger partial charge in [-0.3, -0.25) is 14.9 Å². The van der Waals surface area contributed by atoms with Crippen molar-refractivity contribution >= 4 is 23.2 Å². The third-order valence-corrected chi connectivity index (χ3v) is 4.01. The Hall–Kier alpha value is -2.64. The summed E-state index contributed by atoms with van der Waals surface area (Å²) in [7, 11) is 1.57. The number of methoxy groups -OCH3 is 1. The molecule has 26 heavy (non-hydrogen) atoms. The van der Waals surface area contributed by atoms with Gasteiger partial charge in [0, 0.05) is 24.1 Å². The summed E-state index contributed by atoms with van der Waals surface area (Å²) in [6.07, 6.45) is 0.287. The average molecular weight is 379 g/mol. The number of nitrogens with zero attached hydrogens (tertiary/aromatic N) is 1. The van der Waals surface area contributed by atoms with Gasteiger partial charge < -0.3 is 15.2 Å². The predicted octanol–water partition coefficient (Wildman–Crippen LogP) is 2.98. The number of benzene rings is 2. The lowest BCUT2D eigenvalue weighted by Crippen LogP contribution is -2.42. The van der Waals surface area contributed by atoms with Gasteiger partial charge in [0.15, 0.2) is 0 Å². The monoisotopic (exact) mass is 378 g/mol. The minimum atomic E-state index is -1.24. The number of aliphatic hydroxyl groups is 1. The van der Waals surface area contributed by atoms with E-state index in [9.17, 15) is 20.0 Å². The molecule has 1 amide bonds. The molecular weight excluding hydrogens is 360 g/mol. The second-order valence-electron chi connectivity index (χ2n) is 6.12. The molecule has 0 aliphatic carbocycles. The van der Waals surface area contributed by atoms with E-state index in [0.29, 0.717) is 5.75 Å². The molecule has 2 N–H and O–H groups in total. The van der Waals surface area contributed by atoms with Gasteiger partial charge in [0.05, 0.1) is 17.6 Å². The lowest BCUT2D eigenvalue weighted by atomic mass is 9.96. The molecule has 0 aliphatic rings. The highest BCUT2D eigenvalue weighted by Gasteiger charge is 2.25. The van der Waals surface area contributed by atoms with E-state index in [0.717, 1.165) is 5.56 Å². The van der Waals surface area contributed by atoms with E-state index < -0.39 is 16.4 Å². The predicted molar refractivity (Wildman–Crippen MR) is 97.8 cm³/mol. The fourth-order valence-corrected chi connectivity index (χ4v) is 2.63. The molecule has 8 heteroatoms. The molecule has 138 valence electrons. The van der Waals surface area contributed by atoms with Gasteiger partial charge in [-0.15, -0.1) is 0 Å². The van der Waals surface area contributed by atoms with Crippen LogP contribution in [0.3, 0.4) is 0 Å². The van der Waals surface area contributed by atoms with Crippen molar-refractivity contribution in [3.8, 4) is 5.75 Å². The van der Waals surface area contributed by atoms with Crippen LogP contribution >= 0.6 is 11.6 Å². The number of nitro benzene ring substituents is 1. The van der Waals surface area contributed by atoms with Crippen molar-refractivity contribution in [1.29, 1.82) is 0 Å². The van der Waals surface area contributed by atoms with Crippen LogP contribution in [-0.2, 0) is 6.42 Å². The molecule has 2 aromatic carbocycles. The Morgan fingerprint density at radius 1 is 1.31 bits per heavy atom. The highest BCUT2D eigenvalue weighted by Crippen LogP contribution is 2.23. The number of carbonyl (C=O) groups excluding carboxylic acids is 1. The first-order valence-electron chi connectivity index (χ1n) is 7.79. The SMILES string of the molecule is COc1ccc(CC(C)(O)CNC(=O)c2cc(Cl)ccc2[N+](=O)[O-])cc1. The number of nitro groups is 1. The minimum absolute atomic E-state index is 0.0818. The number of amides is 1. The van der Waals surface area contributed by atoms with Crippen molar-refractivity contribution in [3.05, 3.63) is 68.7 Å². The maximum atomic E-state index is 12.3. The summed E-state index contributed by atoms with van der Waals surface area (Å²) in [5.41, 5.74) is -0.874. The molecule has 0 saturated carbocycles. The van der Waals surface area contributed by atoms with Crippen molar-refractivity contribution in [3.63, 3.8) is 0 Å². The molecule has 0 bridgehead atoms. The molecule has 7 nitrogen and oxygen atoms in total. The first-order valence-corrected chi connectivity index (χ1v) is 8.17. The third-order valence-electron chi connectivity index (χ3n) is 3.77. The molecule has 0 spiro atoms. The van der Waals surface area contributed by atoms with E-state index >= 15 is 0 Å². The standard InChI is InChI=1S/C18H19ClN2O5/c1-18(23,10-12-3-6-14(26-2)7-4-12)11-20-17(22)15-9-13(19)5-8-16(15)21(24)25/h3-9,23H,10-11H2,1-2H3,(H,20,22). The molecular formula is C18H19ClN2O5. The van der Waals surface area contributed by atoms with Crippen LogP contribution in [0.25, 0.3) is 0 Å². The Bertz CT molecular complexity index is 806. The minimum Gasteiger partial charge on any atom is -0.497 e. The van der Waals surface area contributed by atoms with Gasteiger partial charge in [-0.25, -0.2) is 0 Å². The summed E-state index contributed by atoms with van der Waals surface area (Å²) >= 11 is 5.83. The van der Waals surface area contributed by atoms with E-state index in [4.69, 9.17) is 16.3 Å². The number of hydrogen-bond donors (Lipinski definition) is 2. The summed E-state index contributed by atoms with van der Waals surface area (Å²) in [6, 6.07) is 10.9. The first-order chi connectivity index (χ1) is 12.2. The van der Waals surface area contributed by atoms with Crippen LogP contribution in [0.1, 0.15) is 22.8 Å². The van der Waals surface area contributed by atoms with Crippen molar-refractivity contribution < 1.29 is 19.6 Å². The van der Waals surface area contributed by atoms with Gasteiger partial charge in [0.1, 0.15) is 11.3 Å². The molecule has 0 radical (unpaired) electrons. The highest BCUT2D eigenvalue weighted by atomic mass is 35.5. The van der Waals surface area contributed by atoms with Gasteiger partial charge in [-0.1, -0.05) is 23.7 Å². The summed E-state index contributed by atoms with van der Waals surface area (Å²) in [5, 5.41) is 24.3. The average Bonchev–Trinajstić information content (AvgIpc) is 2.59. The maximum Gasteiger partial charge on any atom is 0.282 e. The molecule has 2 aromatic rings. The zero-order chi connectivity index (χ0) is 19.3. The summed E-state index contributed by atoms with van der Waals surface area (Å²) in [4.78, 5) is 22.7. The Kier molecular flexibility index (Phi) is 6.18. The first kappa shape index (κ1) is 19.7. The third kappa shape index (κ3) is 5.18. The number of ether oxygens (including phenoxy) is 1. The lowest BCUT2D eigenvalue weighted by Gasteiger charge is -2.24. The molecule has 0 aliphatic heterocycles. The number of nitrogens with one attached hydrogen (secondary N) is 1. The molecule has 0 heterocycles. The Morgan fingerprint density at radius 2 is 1.96 bits per heavy atom. The fraction of sp³-hybridized carbons (Fsp3) is 0.278. The van der Waals surface area contributed by atoms with Gasteiger partial charge >= 0.3 is 0 Å². The van der Waals surface area contributed by atoms with Crippen molar-refractivity contribution in [2.75, 3.05) is 13.7 Å². The summed E-state index contributed by atoms with van der Waals surface area (Å²) in [5.74, 6) is 0.0316. The zero-order valence-electron chi connectivity index (χ0n) is 14.4. The highest BCUT2D eigenvalue weighted by molar-refractivity contribution is 6.31. The molecule has 0 aromatic heterocycles. The van der Waals surface area contributed by atoms with E-state index in [1.165, 1.54) is 18.2 Å². The number of halogens is 1. The number of carbonyl (C=O) groups is 1. The lowest BCUT2D eigenvalue weighted by molar-refractivity contribution is -0.385. The van der Waals surface area contributed by atoms with Gasteiger partial charge in [0.25, 0.3) is 11.6 Å². The summed E-state index contributed by atoms with van der Waals surface area (Å²) < 4.78 is 5.08. The van der Waals surface area contributed by atoms with Crippen molar-refractivity contribution in [2.24, 2.45) is 0 Å². The van der Waals surface area contributed by atoms with E-state index in [1.54, 1.807) is 26.2 Å². The van der Waals surface area contributed by atoms with E-state index in [-0.39, 0.29) is 29.2 Å². The van der Waals surface area contributed by atoms with Gasteiger partial charge in [-0.05, 0) is 36.8 Å². The second kappa shape index (κ2) is 8.16. The van der Waals surface area contributed by atoms with Crippen LogP contribution in [-0.4, -0.2) is 35.2 Å². The normalized spacial score (nSPS) is 12.9. The maximum absolute atomic E-state index is 12.3. The van der Waals surface area contributed by atoms with E-state index in [2.05, 4.69) is 5.32 Å². The smallest absolute Gasteiger partial charge is 0.282 e. The molecule has 0 saturated heterocycles. The van der Waals surface area contributed by atoms with Crippen molar-refractivity contribution in [2.45, 2.75) is 18.9 Å². The number of hydrogen-bond acceptors (Lipinski definition) is 5. The zero-order valence-corrected chi connectivity index (χ0v) is 15.1. The Morgan fingerprint density at radius 3 is 2.54 bits per heavy atom. The fourth-order valence-electron chi connectivity index (χ4n) is 2.46. The van der Waals surface area contributed by atoms with Gasteiger partial charge in [-0.2, -0.15) is 0 Å². The summed E-state index contributed by atoms with van der Waals surface area (Å²) in [6.45, 7) is 1.49. The van der Waals surface area contributed by atoms with Crippen LogP contribution in [0.5, 0.6) is 5.75 Å². The van der Waals surface area contributed by atoms with Crippen LogP contribution in [0.15, 0.2) is 42.5 Å². The molecule has 0 fully saturated rings. The Balaban J connectivity index is 2.05. The quantitative estimate of drug-likeness (QED) is 0.569. The largest absolute Gasteiger partial charge is 0.497 e. The van der Waals surface area contributed by atoms with Crippen LogP contribution in [0.4, 0.5) is 5.69 Å². The topological polar surface area (TPSA) is 102 Å². The molecule has 2 rings (SSSR count). The van der Waals surface area contributed by atoms with E-state index in [1.807, 2.05) is 12.1 Å². The van der Waals surface area contributed by atoms with Crippen LogP contribution in [0, 0.1) is 10.1 Å². The van der Waals surface area contributed by atoms with Crippen molar-refractivity contribution in [1.82, 2.24) is 5.32 Å². The molecule has 1 atom stereocenters. The van der Waals surface area contributed by atoms with Crippen LogP contribution < -0.4 is 10.1 Å². The molecule has 1 unspecified atom stereocenters.